The van der Waals surface area contributed by atoms with Gasteiger partial charge in [0.15, 0.2) is 0 Å². The van der Waals surface area contributed by atoms with E-state index in [0.717, 1.165) is 30.9 Å². The third-order valence-corrected chi connectivity index (χ3v) is 4.48. The number of hydrogen-bond donors (Lipinski definition) is 1. The maximum atomic E-state index is 4.81. The van der Waals surface area contributed by atoms with Crippen LogP contribution in [0.5, 0.6) is 0 Å². The zero-order valence-electron chi connectivity index (χ0n) is 12.8. The van der Waals surface area contributed by atoms with Crippen LogP contribution in [0.1, 0.15) is 45.9 Å². The molecule has 0 atom stereocenters. The van der Waals surface area contributed by atoms with E-state index < -0.39 is 0 Å². The van der Waals surface area contributed by atoms with Crippen molar-refractivity contribution >= 4 is 11.0 Å². The maximum Gasteiger partial charge on any atom is 0.123 e. The van der Waals surface area contributed by atoms with Gasteiger partial charge in [-0.3, -0.25) is 0 Å². The van der Waals surface area contributed by atoms with Crippen LogP contribution in [0.15, 0.2) is 24.3 Å². The van der Waals surface area contributed by atoms with Gasteiger partial charge in [-0.15, -0.1) is 0 Å². The minimum atomic E-state index is 0.231. The summed E-state index contributed by atoms with van der Waals surface area (Å²) < 4.78 is 2.37. The van der Waals surface area contributed by atoms with Gasteiger partial charge >= 0.3 is 0 Å². The van der Waals surface area contributed by atoms with E-state index >= 15 is 0 Å². The quantitative estimate of drug-likeness (QED) is 0.867. The van der Waals surface area contributed by atoms with Crippen LogP contribution in [-0.4, -0.2) is 15.1 Å². The monoisotopic (exact) mass is 271 g/mol. The Labute approximate surface area is 121 Å². The number of imidazole rings is 1. The van der Waals surface area contributed by atoms with E-state index in [4.69, 9.17) is 4.98 Å². The van der Waals surface area contributed by atoms with E-state index in [9.17, 15) is 0 Å². The molecule has 3 rings (SSSR count). The van der Waals surface area contributed by atoms with Crippen LogP contribution in [-0.2, 0) is 13.1 Å². The topological polar surface area (TPSA) is 29.9 Å². The van der Waals surface area contributed by atoms with Crippen molar-refractivity contribution in [3.8, 4) is 0 Å². The lowest BCUT2D eigenvalue weighted by atomic mass is 9.99. The summed E-state index contributed by atoms with van der Waals surface area (Å²) in [4.78, 5) is 4.81. The fourth-order valence-corrected chi connectivity index (χ4v) is 2.99. The summed E-state index contributed by atoms with van der Waals surface area (Å²) in [5.74, 6) is 2.01. The second kappa shape index (κ2) is 5.21. The molecule has 1 heterocycles. The normalized spacial score (nSPS) is 15.9. The van der Waals surface area contributed by atoms with Gasteiger partial charge < -0.3 is 9.88 Å². The molecule has 1 saturated carbocycles. The summed E-state index contributed by atoms with van der Waals surface area (Å²) in [6.07, 6.45) is 3.87. The van der Waals surface area contributed by atoms with Crippen molar-refractivity contribution in [2.45, 2.75) is 58.7 Å². The van der Waals surface area contributed by atoms with Gasteiger partial charge in [-0.05, 0) is 51.2 Å². The Morgan fingerprint density at radius 1 is 1.30 bits per heavy atom. The zero-order valence-corrected chi connectivity index (χ0v) is 12.8. The molecule has 0 radical (unpaired) electrons. The Balaban J connectivity index is 1.84. The van der Waals surface area contributed by atoms with Gasteiger partial charge in [0.05, 0.1) is 17.6 Å². The summed E-state index contributed by atoms with van der Waals surface area (Å²) >= 11 is 0. The van der Waals surface area contributed by atoms with Crippen LogP contribution in [0.2, 0.25) is 0 Å². The van der Waals surface area contributed by atoms with Gasteiger partial charge in [-0.2, -0.15) is 0 Å². The third kappa shape index (κ3) is 2.59. The first-order chi connectivity index (χ1) is 9.62. The molecule has 0 bridgehead atoms. The number of nitrogens with zero attached hydrogens (tertiary/aromatic N) is 2. The number of nitrogens with one attached hydrogen (secondary N) is 1. The molecular formula is C17H25N3. The Morgan fingerprint density at radius 3 is 2.75 bits per heavy atom. The summed E-state index contributed by atoms with van der Waals surface area (Å²) in [6, 6.07) is 8.45. The number of para-hydroxylation sites is 2. The largest absolute Gasteiger partial charge is 0.327 e. The molecule has 1 aromatic heterocycles. The first kappa shape index (κ1) is 13.6. The van der Waals surface area contributed by atoms with Crippen molar-refractivity contribution in [3.05, 3.63) is 30.1 Å². The predicted molar refractivity (Wildman–Crippen MR) is 83.7 cm³/mol. The second-order valence-corrected chi connectivity index (χ2v) is 6.52. The molecule has 3 nitrogen and oxygen atoms in total. The van der Waals surface area contributed by atoms with Crippen molar-refractivity contribution in [1.29, 1.82) is 0 Å². The third-order valence-electron chi connectivity index (χ3n) is 4.48. The highest BCUT2D eigenvalue weighted by Crippen LogP contribution is 2.39. The Hall–Kier alpha value is -1.35. The molecule has 1 fully saturated rings. The van der Waals surface area contributed by atoms with Crippen molar-refractivity contribution in [2.75, 3.05) is 0 Å². The average Bonchev–Trinajstić information content (AvgIpc) is 3.23. The molecule has 20 heavy (non-hydrogen) atoms. The molecule has 1 aliphatic carbocycles. The highest BCUT2D eigenvalue weighted by molar-refractivity contribution is 5.75. The molecule has 0 aliphatic heterocycles. The molecule has 0 spiro atoms. The second-order valence-electron chi connectivity index (χ2n) is 6.52. The smallest absolute Gasteiger partial charge is 0.123 e. The highest BCUT2D eigenvalue weighted by atomic mass is 15.1. The van der Waals surface area contributed by atoms with Crippen molar-refractivity contribution in [1.82, 2.24) is 14.9 Å². The van der Waals surface area contributed by atoms with E-state index in [2.05, 4.69) is 54.9 Å². The molecule has 2 aromatic rings. The van der Waals surface area contributed by atoms with Crippen LogP contribution in [0.3, 0.4) is 0 Å². The van der Waals surface area contributed by atoms with E-state index in [1.54, 1.807) is 0 Å². The summed E-state index contributed by atoms with van der Waals surface area (Å²) in [6.45, 7) is 8.76. The predicted octanol–water partition coefficient (Wildman–Crippen LogP) is 3.72. The number of fused-ring (bicyclic) bond motifs is 1. The lowest BCUT2D eigenvalue weighted by Crippen LogP contribution is -2.41. The van der Waals surface area contributed by atoms with E-state index in [0.29, 0.717) is 0 Å². The molecule has 0 unspecified atom stereocenters. The first-order valence-electron chi connectivity index (χ1n) is 7.81. The molecule has 0 saturated heterocycles. The van der Waals surface area contributed by atoms with Gasteiger partial charge in [-0.1, -0.05) is 19.1 Å². The average molecular weight is 271 g/mol. The van der Waals surface area contributed by atoms with Crippen LogP contribution < -0.4 is 5.32 Å². The molecule has 0 amide bonds. The molecular weight excluding hydrogens is 246 g/mol. The van der Waals surface area contributed by atoms with Crippen LogP contribution in [0, 0.1) is 5.92 Å². The number of aromatic nitrogens is 2. The van der Waals surface area contributed by atoms with Crippen LogP contribution in [0.4, 0.5) is 0 Å². The molecule has 1 N–H and O–H groups in total. The fourth-order valence-electron chi connectivity index (χ4n) is 2.99. The number of benzene rings is 1. The van der Waals surface area contributed by atoms with Crippen LogP contribution in [0.25, 0.3) is 11.0 Å². The van der Waals surface area contributed by atoms with Gasteiger partial charge in [-0.25, -0.2) is 4.98 Å². The molecule has 1 aliphatic rings. The number of rotatable bonds is 6. The Kier molecular flexibility index (Phi) is 3.55. The summed E-state index contributed by atoms with van der Waals surface area (Å²) in [5, 5.41) is 3.71. The SMILES string of the molecule is CCCn1c(CNC(C)(C)C2CC2)nc2ccccc21. The summed E-state index contributed by atoms with van der Waals surface area (Å²) in [5.41, 5.74) is 2.60. The lowest BCUT2D eigenvalue weighted by Gasteiger charge is -2.26. The van der Waals surface area contributed by atoms with Gasteiger partial charge in [0.25, 0.3) is 0 Å². The van der Waals surface area contributed by atoms with Crippen molar-refractivity contribution < 1.29 is 0 Å². The minimum absolute atomic E-state index is 0.231. The molecule has 108 valence electrons. The number of aryl methyl sites for hydroxylation is 1. The highest BCUT2D eigenvalue weighted by Gasteiger charge is 2.37. The number of hydrogen-bond acceptors (Lipinski definition) is 2. The van der Waals surface area contributed by atoms with Crippen molar-refractivity contribution in [2.24, 2.45) is 5.92 Å². The van der Waals surface area contributed by atoms with E-state index in [1.807, 2.05) is 0 Å². The van der Waals surface area contributed by atoms with Gasteiger partial charge in [0, 0.05) is 12.1 Å². The van der Waals surface area contributed by atoms with Gasteiger partial charge in [0.2, 0.25) is 0 Å². The minimum Gasteiger partial charge on any atom is -0.327 e. The molecule has 3 heteroatoms. The Morgan fingerprint density at radius 2 is 2.05 bits per heavy atom. The van der Waals surface area contributed by atoms with Crippen LogP contribution >= 0.6 is 0 Å². The maximum absolute atomic E-state index is 4.81. The van der Waals surface area contributed by atoms with E-state index in [-0.39, 0.29) is 5.54 Å². The lowest BCUT2D eigenvalue weighted by molar-refractivity contribution is 0.333. The zero-order chi connectivity index (χ0) is 14.2. The molecule has 1 aromatic carbocycles. The van der Waals surface area contributed by atoms with Gasteiger partial charge in [0.1, 0.15) is 5.82 Å². The standard InChI is InChI=1S/C17H25N3/c1-4-11-20-15-8-6-5-7-14(15)19-16(20)12-18-17(2,3)13-9-10-13/h5-8,13,18H,4,9-12H2,1-3H3. The van der Waals surface area contributed by atoms with Crippen molar-refractivity contribution in [3.63, 3.8) is 0 Å². The fraction of sp³-hybridized carbons (Fsp3) is 0.588. The first-order valence-corrected chi connectivity index (χ1v) is 7.81. The van der Waals surface area contributed by atoms with E-state index in [1.165, 1.54) is 24.2 Å². The summed E-state index contributed by atoms with van der Waals surface area (Å²) in [7, 11) is 0. The Bertz CT molecular complexity index is 593.